The number of nitrogens with zero attached hydrogens (tertiary/aromatic N) is 5. The van der Waals surface area contributed by atoms with Crippen molar-refractivity contribution in [2.45, 2.75) is 40.7 Å². The van der Waals surface area contributed by atoms with Gasteiger partial charge in [-0.25, -0.2) is 20.4 Å². The number of hydrazine groups is 1. The molecule has 7 heteroatoms. The molecule has 0 bridgehead atoms. The molecule has 2 heterocycles. The second-order valence-electron chi connectivity index (χ2n) is 8.79. The van der Waals surface area contributed by atoms with Gasteiger partial charge in [0.05, 0.1) is 0 Å². The van der Waals surface area contributed by atoms with Gasteiger partial charge < -0.3 is 15.2 Å². The van der Waals surface area contributed by atoms with Crippen LogP contribution in [-0.2, 0) is 0 Å². The highest BCUT2D eigenvalue weighted by Crippen LogP contribution is 2.22. The van der Waals surface area contributed by atoms with E-state index >= 15 is 0 Å². The number of hydrogen-bond acceptors (Lipinski definition) is 6. The fraction of sp³-hybridized carbons (Fsp3) is 0.393. The molecule has 0 amide bonds. The van der Waals surface area contributed by atoms with E-state index in [4.69, 9.17) is 9.97 Å². The molecule has 1 aliphatic heterocycles. The number of fused-ring (bicyclic) bond motifs is 1. The minimum atomic E-state index is 0.307. The number of aromatic nitrogens is 2. The monoisotopic (exact) mass is 473 g/mol. The van der Waals surface area contributed by atoms with Crippen LogP contribution in [0, 0.1) is 0 Å². The number of piperazine rings is 1. The summed E-state index contributed by atoms with van der Waals surface area (Å²) in [6, 6.07) is 17.1. The lowest BCUT2D eigenvalue weighted by atomic mass is 10.1. The van der Waals surface area contributed by atoms with E-state index in [9.17, 15) is 0 Å². The Morgan fingerprint density at radius 1 is 0.943 bits per heavy atom. The van der Waals surface area contributed by atoms with Crippen LogP contribution in [0.4, 0.5) is 11.6 Å². The third-order valence-corrected chi connectivity index (χ3v) is 5.57. The van der Waals surface area contributed by atoms with Crippen molar-refractivity contribution in [1.82, 2.24) is 25.7 Å². The molecule has 4 rings (SSSR count). The molecule has 1 aliphatic rings. The number of anilines is 1. The normalized spacial score (nSPS) is 14.9. The minimum Gasteiger partial charge on any atom is -0.354 e. The van der Waals surface area contributed by atoms with Gasteiger partial charge in [0.15, 0.2) is 11.6 Å². The fourth-order valence-electron chi connectivity index (χ4n) is 3.70. The summed E-state index contributed by atoms with van der Waals surface area (Å²) in [5.74, 6) is 2.98. The highest BCUT2D eigenvalue weighted by atomic mass is 15.4. The van der Waals surface area contributed by atoms with Crippen molar-refractivity contribution in [3.63, 3.8) is 0 Å². The first kappa shape index (κ1) is 26.3. The molecule has 1 saturated heterocycles. The van der Waals surface area contributed by atoms with Gasteiger partial charge in [-0.3, -0.25) is 0 Å². The van der Waals surface area contributed by atoms with Crippen molar-refractivity contribution in [3.05, 3.63) is 59.9 Å². The topological polar surface area (TPSA) is 68.7 Å². The van der Waals surface area contributed by atoms with E-state index in [-0.39, 0.29) is 0 Å². The van der Waals surface area contributed by atoms with Gasteiger partial charge in [0, 0.05) is 38.3 Å². The fourth-order valence-corrected chi connectivity index (χ4v) is 3.70. The van der Waals surface area contributed by atoms with Crippen LogP contribution in [0.5, 0.6) is 0 Å². The highest BCUT2D eigenvalue weighted by Gasteiger charge is 2.17. The molecule has 0 aliphatic carbocycles. The van der Waals surface area contributed by atoms with Crippen molar-refractivity contribution in [2.24, 2.45) is 4.99 Å². The highest BCUT2D eigenvalue weighted by molar-refractivity contribution is 5.86. The number of rotatable bonds is 6. The molecule has 2 aromatic carbocycles. The van der Waals surface area contributed by atoms with Crippen molar-refractivity contribution in [3.8, 4) is 0 Å². The van der Waals surface area contributed by atoms with Crippen LogP contribution >= 0.6 is 0 Å². The van der Waals surface area contributed by atoms with E-state index in [1.54, 1.807) is 0 Å². The second-order valence-corrected chi connectivity index (χ2v) is 8.79. The first-order valence-corrected chi connectivity index (χ1v) is 12.5. The summed E-state index contributed by atoms with van der Waals surface area (Å²) < 4.78 is 0. The molecular weight excluding hydrogens is 434 g/mol. The maximum absolute atomic E-state index is 4.85. The number of aliphatic imine (C=N–C) groups is 1. The van der Waals surface area contributed by atoms with Gasteiger partial charge in [-0.2, -0.15) is 0 Å². The summed E-state index contributed by atoms with van der Waals surface area (Å²) >= 11 is 0. The zero-order chi connectivity index (χ0) is 25.2. The average Bonchev–Trinajstić information content (AvgIpc) is 2.87. The molecule has 3 aromatic rings. The Hall–Kier alpha value is -3.29. The van der Waals surface area contributed by atoms with Crippen LogP contribution < -0.4 is 15.8 Å². The van der Waals surface area contributed by atoms with Gasteiger partial charge in [0.2, 0.25) is 0 Å². The lowest BCUT2D eigenvalue weighted by molar-refractivity contribution is 0.312. The summed E-state index contributed by atoms with van der Waals surface area (Å²) in [6.45, 7) is 14.0. The quantitative estimate of drug-likeness (QED) is 0.294. The van der Waals surface area contributed by atoms with Crippen LogP contribution in [-0.4, -0.2) is 60.0 Å². The van der Waals surface area contributed by atoms with Gasteiger partial charge in [0.1, 0.15) is 11.7 Å². The molecular formula is C28H39N7. The summed E-state index contributed by atoms with van der Waals surface area (Å²) in [5.41, 5.74) is 7.42. The Labute approximate surface area is 210 Å². The third-order valence-electron chi connectivity index (χ3n) is 5.57. The van der Waals surface area contributed by atoms with Crippen LogP contribution in [0.2, 0.25) is 0 Å². The standard InChI is InChI=1S/C26H33N7.C2H6/c1-19(2)30-31-20(3)27-25-18-26(33-15-13-32(4)14-16-33)29-24(28-25)12-10-21-9-11-22-7-5-6-8-23(22)17-21;1-2/h5-12,17-19,30H,13-16H2,1-4H3,(H,27,28,29,31);1-2H3/b12-10+;. The number of amidine groups is 1. The second kappa shape index (κ2) is 13.0. The molecule has 186 valence electrons. The third kappa shape index (κ3) is 7.87. The predicted molar refractivity (Wildman–Crippen MR) is 150 cm³/mol. The molecule has 35 heavy (non-hydrogen) atoms. The van der Waals surface area contributed by atoms with E-state index in [0.29, 0.717) is 17.7 Å². The van der Waals surface area contributed by atoms with Crippen molar-refractivity contribution in [1.29, 1.82) is 0 Å². The molecule has 2 N–H and O–H groups in total. The van der Waals surface area contributed by atoms with Crippen LogP contribution in [0.25, 0.3) is 22.9 Å². The molecule has 0 spiro atoms. The zero-order valence-electron chi connectivity index (χ0n) is 21.9. The lowest BCUT2D eigenvalue weighted by Crippen LogP contribution is -2.44. The van der Waals surface area contributed by atoms with E-state index in [2.05, 4.69) is 95.1 Å². The molecule has 0 radical (unpaired) electrons. The lowest BCUT2D eigenvalue weighted by Gasteiger charge is -2.33. The Morgan fingerprint density at radius 2 is 1.66 bits per heavy atom. The zero-order valence-corrected chi connectivity index (χ0v) is 21.9. The number of hydrogen-bond donors (Lipinski definition) is 2. The number of nitrogens with one attached hydrogen (secondary N) is 2. The maximum Gasteiger partial charge on any atom is 0.160 e. The van der Waals surface area contributed by atoms with E-state index in [1.807, 2.05) is 32.9 Å². The molecule has 1 aromatic heterocycles. The van der Waals surface area contributed by atoms with Gasteiger partial charge in [-0.05, 0) is 56.3 Å². The van der Waals surface area contributed by atoms with Crippen LogP contribution in [0.1, 0.15) is 46.0 Å². The molecule has 0 atom stereocenters. The first-order valence-electron chi connectivity index (χ1n) is 12.5. The SMILES string of the molecule is C/C(=N\c1cc(N2CCN(C)CC2)nc(/C=C/c2ccc3ccccc3c2)n1)NNC(C)C.CC. The number of benzene rings is 2. The van der Waals surface area contributed by atoms with Gasteiger partial charge in [-0.1, -0.05) is 56.3 Å². The van der Waals surface area contributed by atoms with Crippen molar-refractivity contribution >= 4 is 40.4 Å². The summed E-state index contributed by atoms with van der Waals surface area (Å²) in [7, 11) is 2.15. The predicted octanol–water partition coefficient (Wildman–Crippen LogP) is 5.13. The van der Waals surface area contributed by atoms with Crippen LogP contribution in [0.15, 0.2) is 53.5 Å². The molecule has 0 unspecified atom stereocenters. The largest absolute Gasteiger partial charge is 0.354 e. The summed E-state index contributed by atoms with van der Waals surface area (Å²) in [4.78, 5) is 18.9. The summed E-state index contributed by atoms with van der Waals surface area (Å²) in [5, 5.41) is 2.45. The Balaban J connectivity index is 0.00000167. The average molecular weight is 474 g/mol. The Morgan fingerprint density at radius 3 is 2.37 bits per heavy atom. The van der Waals surface area contributed by atoms with Gasteiger partial charge >= 0.3 is 0 Å². The van der Waals surface area contributed by atoms with Crippen LogP contribution in [0.3, 0.4) is 0 Å². The first-order chi connectivity index (χ1) is 17.0. The van der Waals surface area contributed by atoms with Crippen molar-refractivity contribution < 1.29 is 0 Å². The van der Waals surface area contributed by atoms with Gasteiger partial charge in [0.25, 0.3) is 0 Å². The molecule has 1 fully saturated rings. The minimum absolute atomic E-state index is 0.307. The van der Waals surface area contributed by atoms with Crippen molar-refractivity contribution in [2.75, 3.05) is 38.1 Å². The summed E-state index contributed by atoms with van der Waals surface area (Å²) in [6.07, 6.45) is 4.03. The Bertz CT molecular complexity index is 1150. The molecule has 7 nitrogen and oxygen atoms in total. The number of likely N-dealkylation sites (N-methyl/N-ethyl adjacent to an activating group) is 1. The van der Waals surface area contributed by atoms with E-state index in [1.165, 1.54) is 10.8 Å². The van der Waals surface area contributed by atoms with E-state index < -0.39 is 0 Å². The smallest absolute Gasteiger partial charge is 0.160 e. The van der Waals surface area contributed by atoms with Gasteiger partial charge in [-0.15, -0.1) is 0 Å². The van der Waals surface area contributed by atoms with E-state index in [0.717, 1.165) is 43.4 Å². The maximum atomic E-state index is 4.85. The molecule has 0 saturated carbocycles. The Kier molecular flexibility index (Phi) is 9.76.